The summed E-state index contributed by atoms with van der Waals surface area (Å²) in [4.78, 5) is 12.2. The number of unbranched alkanes of at least 4 members (excludes halogenated alkanes) is 11. The van der Waals surface area contributed by atoms with Gasteiger partial charge in [-0.05, 0) is 55.2 Å². The fourth-order valence-corrected chi connectivity index (χ4v) is 4.94. The van der Waals surface area contributed by atoms with Crippen LogP contribution in [0.25, 0.3) is 0 Å². The van der Waals surface area contributed by atoms with Crippen LogP contribution < -0.4 is 0 Å². The van der Waals surface area contributed by atoms with Gasteiger partial charge < -0.3 is 9.84 Å². The van der Waals surface area contributed by atoms with Gasteiger partial charge >= 0.3 is 5.97 Å². The summed E-state index contributed by atoms with van der Waals surface area (Å²) in [5, 5.41) is 9.68. The monoisotopic (exact) mass is 488 g/mol. The summed E-state index contributed by atoms with van der Waals surface area (Å²) in [6, 6.07) is 7.76. The zero-order valence-corrected chi connectivity index (χ0v) is 23.4. The average molecular weight is 489 g/mol. The number of esters is 1. The van der Waals surface area contributed by atoms with Crippen molar-refractivity contribution in [2.45, 2.75) is 149 Å². The SMILES string of the molecule is CCCCCCCCCCCCC(CCCCC(=O)OCC(CC)CCCC)c1ccc(O)cc1. The highest BCUT2D eigenvalue weighted by molar-refractivity contribution is 5.69. The summed E-state index contributed by atoms with van der Waals surface area (Å²) in [5.74, 6) is 1.33. The van der Waals surface area contributed by atoms with Gasteiger partial charge in [-0.3, -0.25) is 4.79 Å². The first-order valence-electron chi connectivity index (χ1n) is 15.0. The minimum atomic E-state index is -0.0316. The molecule has 0 saturated heterocycles. The fraction of sp³-hybridized carbons (Fsp3) is 0.781. The Hall–Kier alpha value is -1.51. The Kier molecular flexibility index (Phi) is 19.6. The van der Waals surface area contributed by atoms with Crippen LogP contribution in [0.2, 0.25) is 0 Å². The van der Waals surface area contributed by atoms with Gasteiger partial charge in [0.15, 0.2) is 0 Å². The largest absolute Gasteiger partial charge is 0.508 e. The third kappa shape index (κ3) is 16.7. The molecule has 2 atom stereocenters. The summed E-state index contributed by atoms with van der Waals surface area (Å²) >= 11 is 0. The molecule has 1 aromatic carbocycles. The van der Waals surface area contributed by atoms with Crippen molar-refractivity contribution in [2.24, 2.45) is 5.92 Å². The molecule has 0 heterocycles. The van der Waals surface area contributed by atoms with Gasteiger partial charge in [-0.15, -0.1) is 0 Å². The second kappa shape index (κ2) is 21.7. The summed E-state index contributed by atoms with van der Waals surface area (Å²) in [6.45, 7) is 7.26. The van der Waals surface area contributed by atoms with Crippen molar-refractivity contribution in [1.82, 2.24) is 0 Å². The highest BCUT2D eigenvalue weighted by Gasteiger charge is 2.13. The zero-order valence-electron chi connectivity index (χ0n) is 23.4. The van der Waals surface area contributed by atoms with Crippen LogP contribution in [-0.4, -0.2) is 17.7 Å². The lowest BCUT2D eigenvalue weighted by Crippen LogP contribution is -2.13. The minimum absolute atomic E-state index is 0.0316. The van der Waals surface area contributed by atoms with Gasteiger partial charge in [0.05, 0.1) is 6.61 Å². The first kappa shape index (κ1) is 31.5. The fourth-order valence-electron chi connectivity index (χ4n) is 4.94. The summed E-state index contributed by atoms with van der Waals surface area (Å²) in [7, 11) is 0. The molecule has 1 aromatic rings. The summed E-state index contributed by atoms with van der Waals surface area (Å²) in [6.07, 6.45) is 23.0. The highest BCUT2D eigenvalue weighted by atomic mass is 16.5. The predicted molar refractivity (Wildman–Crippen MR) is 150 cm³/mol. The van der Waals surface area contributed by atoms with Crippen molar-refractivity contribution in [1.29, 1.82) is 0 Å². The zero-order chi connectivity index (χ0) is 25.6. The molecule has 0 amide bonds. The normalized spacial score (nSPS) is 13.0. The van der Waals surface area contributed by atoms with E-state index in [1.54, 1.807) is 12.1 Å². The molecule has 0 fully saturated rings. The molecule has 1 rings (SSSR count). The van der Waals surface area contributed by atoms with E-state index in [2.05, 4.69) is 32.9 Å². The number of hydrogen-bond donors (Lipinski definition) is 1. The van der Waals surface area contributed by atoms with Gasteiger partial charge in [0.2, 0.25) is 0 Å². The van der Waals surface area contributed by atoms with Gasteiger partial charge in [-0.2, -0.15) is 0 Å². The van der Waals surface area contributed by atoms with Crippen LogP contribution in [0.3, 0.4) is 0 Å². The van der Waals surface area contributed by atoms with Gasteiger partial charge in [-0.25, -0.2) is 0 Å². The third-order valence-corrected chi connectivity index (χ3v) is 7.48. The number of hydrogen-bond acceptors (Lipinski definition) is 3. The number of ether oxygens (including phenoxy) is 1. The number of benzene rings is 1. The van der Waals surface area contributed by atoms with Gasteiger partial charge in [0.1, 0.15) is 5.75 Å². The predicted octanol–water partition coefficient (Wildman–Crippen LogP) is 10.1. The smallest absolute Gasteiger partial charge is 0.305 e. The van der Waals surface area contributed by atoms with Crippen molar-refractivity contribution in [2.75, 3.05) is 6.61 Å². The molecule has 3 nitrogen and oxygen atoms in total. The lowest BCUT2D eigenvalue weighted by Gasteiger charge is -2.18. The number of aromatic hydroxyl groups is 1. The van der Waals surface area contributed by atoms with Crippen LogP contribution in [-0.2, 0) is 9.53 Å². The number of carbonyl (C=O) groups is 1. The first-order valence-corrected chi connectivity index (χ1v) is 15.0. The Labute approximate surface area is 217 Å². The topological polar surface area (TPSA) is 46.5 Å². The van der Waals surface area contributed by atoms with Crippen molar-refractivity contribution < 1.29 is 14.6 Å². The van der Waals surface area contributed by atoms with E-state index >= 15 is 0 Å². The number of carbonyl (C=O) groups excluding carboxylic acids is 1. The van der Waals surface area contributed by atoms with Gasteiger partial charge in [-0.1, -0.05) is 123 Å². The molecule has 0 aliphatic rings. The molecule has 0 aromatic heterocycles. The molecule has 0 bridgehead atoms. The minimum Gasteiger partial charge on any atom is -0.508 e. The molecule has 0 saturated carbocycles. The van der Waals surface area contributed by atoms with Crippen molar-refractivity contribution in [3.63, 3.8) is 0 Å². The van der Waals surface area contributed by atoms with E-state index in [4.69, 9.17) is 4.74 Å². The third-order valence-electron chi connectivity index (χ3n) is 7.48. The standard InChI is InChI=1S/C32H56O3/c1-4-7-9-10-11-12-13-14-15-16-20-29(30-23-25-31(33)26-24-30)21-17-18-22-32(34)35-27-28(6-3)19-8-5-2/h23-26,28-29,33H,4-22,27H2,1-3H3. The molecule has 1 N–H and O–H groups in total. The molecule has 0 aliphatic carbocycles. The van der Waals surface area contributed by atoms with Crippen molar-refractivity contribution in [3.8, 4) is 5.75 Å². The lowest BCUT2D eigenvalue weighted by atomic mass is 9.88. The summed E-state index contributed by atoms with van der Waals surface area (Å²) < 4.78 is 5.57. The molecule has 202 valence electrons. The molecular formula is C32H56O3. The number of rotatable bonds is 23. The van der Waals surface area contributed by atoms with E-state index in [-0.39, 0.29) is 5.97 Å². The average Bonchev–Trinajstić information content (AvgIpc) is 2.87. The van der Waals surface area contributed by atoms with E-state index in [1.165, 1.54) is 89.0 Å². The maximum atomic E-state index is 12.2. The Morgan fingerprint density at radius 3 is 1.83 bits per heavy atom. The maximum absolute atomic E-state index is 12.2. The summed E-state index contributed by atoms with van der Waals surface area (Å²) in [5.41, 5.74) is 1.32. The second-order valence-corrected chi connectivity index (χ2v) is 10.6. The molecular weight excluding hydrogens is 432 g/mol. The maximum Gasteiger partial charge on any atom is 0.305 e. The number of phenolic OH excluding ortho intramolecular Hbond substituents is 1. The Balaban J connectivity index is 2.29. The molecule has 3 heteroatoms. The van der Waals surface area contributed by atoms with Gasteiger partial charge in [0.25, 0.3) is 0 Å². The Morgan fingerprint density at radius 1 is 0.714 bits per heavy atom. The van der Waals surface area contributed by atoms with E-state index in [1.807, 2.05) is 0 Å². The molecule has 0 aliphatic heterocycles. The second-order valence-electron chi connectivity index (χ2n) is 10.6. The van der Waals surface area contributed by atoms with Crippen LogP contribution in [0.5, 0.6) is 5.75 Å². The van der Waals surface area contributed by atoms with Crippen LogP contribution in [0.4, 0.5) is 0 Å². The molecule has 0 radical (unpaired) electrons. The van der Waals surface area contributed by atoms with E-state index in [9.17, 15) is 9.90 Å². The number of phenols is 1. The van der Waals surface area contributed by atoms with E-state index in [0.29, 0.717) is 30.6 Å². The molecule has 0 spiro atoms. The lowest BCUT2D eigenvalue weighted by molar-refractivity contribution is -0.145. The van der Waals surface area contributed by atoms with Crippen LogP contribution in [0.1, 0.15) is 154 Å². The van der Waals surface area contributed by atoms with Crippen LogP contribution >= 0.6 is 0 Å². The van der Waals surface area contributed by atoms with Crippen molar-refractivity contribution >= 4 is 5.97 Å². The highest BCUT2D eigenvalue weighted by Crippen LogP contribution is 2.29. The quantitative estimate of drug-likeness (QED) is 0.123. The van der Waals surface area contributed by atoms with Crippen LogP contribution in [0, 0.1) is 5.92 Å². The Bertz CT molecular complexity index is 610. The molecule has 2 unspecified atom stereocenters. The van der Waals surface area contributed by atoms with E-state index in [0.717, 1.165) is 32.1 Å². The molecule has 35 heavy (non-hydrogen) atoms. The van der Waals surface area contributed by atoms with Crippen LogP contribution in [0.15, 0.2) is 24.3 Å². The van der Waals surface area contributed by atoms with Gasteiger partial charge in [0, 0.05) is 6.42 Å². The first-order chi connectivity index (χ1) is 17.1. The van der Waals surface area contributed by atoms with Crippen molar-refractivity contribution in [3.05, 3.63) is 29.8 Å². The van der Waals surface area contributed by atoms with E-state index < -0.39 is 0 Å². The Morgan fingerprint density at radius 2 is 1.26 bits per heavy atom.